The molecule has 0 N–H and O–H groups in total. The largest absolute Gasteiger partial charge is 0.462 e. The van der Waals surface area contributed by atoms with Crippen LogP contribution in [0.5, 0.6) is 0 Å². The summed E-state index contributed by atoms with van der Waals surface area (Å²) in [5.41, 5.74) is 2.17. The highest BCUT2D eigenvalue weighted by Crippen LogP contribution is 2.55. The second-order valence-corrected chi connectivity index (χ2v) is 8.93. The van der Waals surface area contributed by atoms with Crippen LogP contribution in [0.25, 0.3) is 0 Å². The SMILES string of the molecule is C=C(C)C1C(OC(C)=O)CC2(C)C(OC(C)=O)C=C(C)CCC=C(C)C(=O)CC12. The van der Waals surface area contributed by atoms with Gasteiger partial charge in [0.25, 0.3) is 0 Å². The molecule has 0 heterocycles. The Morgan fingerprint density at radius 2 is 1.76 bits per heavy atom. The van der Waals surface area contributed by atoms with Gasteiger partial charge in [-0.3, -0.25) is 14.4 Å². The van der Waals surface area contributed by atoms with Gasteiger partial charge in [0.15, 0.2) is 5.78 Å². The topological polar surface area (TPSA) is 69.7 Å². The van der Waals surface area contributed by atoms with Crippen molar-refractivity contribution in [3.05, 3.63) is 35.5 Å². The van der Waals surface area contributed by atoms with Crippen molar-refractivity contribution in [2.24, 2.45) is 17.3 Å². The lowest BCUT2D eigenvalue weighted by Crippen LogP contribution is -2.40. The molecule has 0 aromatic carbocycles. The van der Waals surface area contributed by atoms with Crippen molar-refractivity contribution in [1.82, 2.24) is 0 Å². The molecule has 2 aliphatic rings. The summed E-state index contributed by atoms with van der Waals surface area (Å²) in [5.74, 6) is -0.974. The molecule has 0 saturated heterocycles. The first kappa shape index (κ1) is 23.1. The van der Waals surface area contributed by atoms with E-state index in [2.05, 4.69) is 6.58 Å². The van der Waals surface area contributed by atoms with Gasteiger partial charge in [0.05, 0.1) is 0 Å². The van der Waals surface area contributed by atoms with E-state index in [9.17, 15) is 14.4 Å². The molecule has 5 atom stereocenters. The Balaban J connectivity index is 2.63. The average molecular weight is 403 g/mol. The molecule has 160 valence electrons. The van der Waals surface area contributed by atoms with Crippen LogP contribution >= 0.6 is 0 Å². The van der Waals surface area contributed by atoms with E-state index in [1.807, 2.05) is 39.8 Å². The molecule has 0 bridgehead atoms. The number of ether oxygens (including phenoxy) is 2. The predicted octanol–water partition coefficient (Wildman–Crippen LogP) is 4.71. The summed E-state index contributed by atoms with van der Waals surface area (Å²) in [4.78, 5) is 36.7. The number of ketones is 1. The summed E-state index contributed by atoms with van der Waals surface area (Å²) in [7, 11) is 0. The third kappa shape index (κ3) is 5.26. The number of hydrogen-bond acceptors (Lipinski definition) is 5. The minimum atomic E-state index is -0.559. The quantitative estimate of drug-likeness (QED) is 0.505. The molecule has 0 aromatic rings. The van der Waals surface area contributed by atoms with Gasteiger partial charge in [-0.2, -0.15) is 0 Å². The van der Waals surface area contributed by atoms with Gasteiger partial charge in [-0.15, -0.1) is 0 Å². The smallest absolute Gasteiger partial charge is 0.303 e. The van der Waals surface area contributed by atoms with E-state index < -0.39 is 17.6 Å². The van der Waals surface area contributed by atoms with Crippen LogP contribution in [0.15, 0.2) is 35.5 Å². The monoisotopic (exact) mass is 402 g/mol. The molecule has 1 saturated carbocycles. The molecule has 0 aliphatic heterocycles. The maximum atomic E-state index is 13.0. The molecular formula is C24H34O5. The fraction of sp³-hybridized carbons (Fsp3) is 0.625. The summed E-state index contributed by atoms with van der Waals surface area (Å²) < 4.78 is 11.4. The molecule has 0 spiro atoms. The summed E-state index contributed by atoms with van der Waals surface area (Å²) in [6.45, 7) is 14.8. The number of rotatable bonds is 3. The number of Topliss-reactive ketones (excluding diaryl/α,β-unsaturated/α-hetero) is 1. The maximum Gasteiger partial charge on any atom is 0.303 e. The number of carbonyl (C=O) groups is 3. The van der Waals surface area contributed by atoms with E-state index in [0.29, 0.717) is 12.8 Å². The van der Waals surface area contributed by atoms with E-state index >= 15 is 0 Å². The Kier molecular flexibility index (Phi) is 7.25. The highest BCUT2D eigenvalue weighted by Gasteiger charge is 2.57. The molecule has 5 heteroatoms. The highest BCUT2D eigenvalue weighted by molar-refractivity contribution is 5.95. The third-order valence-corrected chi connectivity index (χ3v) is 6.42. The average Bonchev–Trinajstić information content (AvgIpc) is 2.84. The summed E-state index contributed by atoms with van der Waals surface area (Å²) in [6.07, 6.45) is 5.47. The first-order valence-corrected chi connectivity index (χ1v) is 10.3. The Labute approximate surface area is 174 Å². The van der Waals surface area contributed by atoms with Crippen LogP contribution in [-0.4, -0.2) is 29.9 Å². The molecular weight excluding hydrogens is 368 g/mol. The zero-order chi connectivity index (χ0) is 21.9. The lowest BCUT2D eigenvalue weighted by Gasteiger charge is -2.38. The predicted molar refractivity (Wildman–Crippen MR) is 112 cm³/mol. The van der Waals surface area contributed by atoms with Crippen LogP contribution in [0, 0.1) is 17.3 Å². The van der Waals surface area contributed by atoms with Crippen LogP contribution < -0.4 is 0 Å². The Morgan fingerprint density at radius 1 is 1.14 bits per heavy atom. The van der Waals surface area contributed by atoms with Crippen molar-refractivity contribution in [2.45, 2.75) is 79.4 Å². The van der Waals surface area contributed by atoms with E-state index in [4.69, 9.17) is 9.47 Å². The zero-order valence-electron chi connectivity index (χ0n) is 18.5. The molecule has 0 radical (unpaired) electrons. The van der Waals surface area contributed by atoms with Crippen LogP contribution in [-0.2, 0) is 23.9 Å². The Bertz CT molecular complexity index is 759. The van der Waals surface area contributed by atoms with Crippen molar-refractivity contribution in [1.29, 1.82) is 0 Å². The fourth-order valence-electron chi connectivity index (χ4n) is 4.93. The molecule has 5 nitrogen and oxygen atoms in total. The van der Waals surface area contributed by atoms with Crippen molar-refractivity contribution < 1.29 is 23.9 Å². The first-order chi connectivity index (χ1) is 13.5. The van der Waals surface area contributed by atoms with Gasteiger partial charge in [0, 0.05) is 31.6 Å². The van der Waals surface area contributed by atoms with E-state index in [1.54, 1.807) is 0 Å². The van der Waals surface area contributed by atoms with Crippen molar-refractivity contribution >= 4 is 17.7 Å². The van der Waals surface area contributed by atoms with Crippen LogP contribution in [0.4, 0.5) is 0 Å². The van der Waals surface area contributed by atoms with Gasteiger partial charge in [-0.05, 0) is 57.6 Å². The summed E-state index contributed by atoms with van der Waals surface area (Å²) in [6, 6.07) is 0. The molecule has 2 rings (SSSR count). The standard InChI is InChI=1S/C24H34O5/c1-14(2)23-19-12-20(27)16(4)10-8-9-15(3)11-22(29-18(6)26)24(19,7)13-21(23)28-17(5)25/h10-11,19,21-23H,1,8-9,12-13H2,2-7H3. The number of hydrogen-bond donors (Lipinski definition) is 0. The minimum absolute atomic E-state index is 0.0806. The first-order valence-electron chi connectivity index (χ1n) is 10.3. The highest BCUT2D eigenvalue weighted by atomic mass is 16.6. The van der Waals surface area contributed by atoms with Crippen LogP contribution in [0.3, 0.4) is 0 Å². The van der Waals surface area contributed by atoms with Gasteiger partial charge in [-0.1, -0.05) is 30.7 Å². The van der Waals surface area contributed by atoms with E-state index in [-0.39, 0.29) is 29.6 Å². The van der Waals surface area contributed by atoms with Gasteiger partial charge >= 0.3 is 11.9 Å². The second-order valence-electron chi connectivity index (χ2n) is 8.93. The van der Waals surface area contributed by atoms with Crippen molar-refractivity contribution in [3.8, 4) is 0 Å². The lowest BCUT2D eigenvalue weighted by molar-refractivity contribution is -0.153. The Hall–Kier alpha value is -2.17. The van der Waals surface area contributed by atoms with Gasteiger partial charge in [-0.25, -0.2) is 0 Å². The molecule has 0 amide bonds. The molecule has 0 aromatic heterocycles. The normalized spacial score (nSPS) is 33.0. The number of esters is 2. The Morgan fingerprint density at radius 3 is 2.31 bits per heavy atom. The fourth-order valence-corrected chi connectivity index (χ4v) is 4.93. The van der Waals surface area contributed by atoms with Crippen LogP contribution in [0.1, 0.15) is 67.2 Å². The van der Waals surface area contributed by atoms with Crippen molar-refractivity contribution in [2.75, 3.05) is 0 Å². The second kappa shape index (κ2) is 9.10. The van der Waals surface area contributed by atoms with Gasteiger partial charge < -0.3 is 9.47 Å². The van der Waals surface area contributed by atoms with Gasteiger partial charge in [0.2, 0.25) is 0 Å². The molecule has 5 unspecified atom stereocenters. The molecule has 2 aliphatic carbocycles. The number of fused-ring (bicyclic) bond motifs is 1. The summed E-state index contributed by atoms with van der Waals surface area (Å²) >= 11 is 0. The zero-order valence-corrected chi connectivity index (χ0v) is 18.5. The lowest BCUT2D eigenvalue weighted by atomic mass is 9.69. The molecule has 1 fully saturated rings. The minimum Gasteiger partial charge on any atom is -0.462 e. The third-order valence-electron chi connectivity index (χ3n) is 6.42. The number of carbonyl (C=O) groups excluding carboxylic acids is 3. The number of allylic oxidation sites excluding steroid dienone is 3. The van der Waals surface area contributed by atoms with Crippen molar-refractivity contribution in [3.63, 3.8) is 0 Å². The molecule has 29 heavy (non-hydrogen) atoms. The van der Waals surface area contributed by atoms with E-state index in [1.165, 1.54) is 13.8 Å². The maximum absolute atomic E-state index is 13.0. The van der Waals surface area contributed by atoms with Gasteiger partial charge in [0.1, 0.15) is 12.2 Å². The van der Waals surface area contributed by atoms with Crippen LogP contribution in [0.2, 0.25) is 0 Å². The van der Waals surface area contributed by atoms with E-state index in [0.717, 1.165) is 29.6 Å². The summed E-state index contributed by atoms with van der Waals surface area (Å²) in [5, 5.41) is 0.